The summed E-state index contributed by atoms with van der Waals surface area (Å²) in [5.41, 5.74) is 14.8. The second-order valence-electron chi connectivity index (χ2n) is 4.03. The van der Waals surface area contributed by atoms with Crippen molar-refractivity contribution < 1.29 is 0 Å². The lowest BCUT2D eigenvalue weighted by Crippen LogP contribution is -2.14. The normalized spacial score (nSPS) is 12.7. The quantitative estimate of drug-likeness (QED) is 0.737. The molecule has 90 valence electrons. The third-order valence-electron chi connectivity index (χ3n) is 2.89. The highest BCUT2D eigenvalue weighted by atomic mass is 32.1. The molecule has 0 spiro atoms. The maximum absolute atomic E-state index is 6.22. The van der Waals surface area contributed by atoms with Gasteiger partial charge in [0.1, 0.15) is 5.82 Å². The summed E-state index contributed by atoms with van der Waals surface area (Å²) >= 11 is 1.65. The van der Waals surface area contributed by atoms with Crippen LogP contribution in [0.1, 0.15) is 17.2 Å². The van der Waals surface area contributed by atoms with Crippen molar-refractivity contribution in [2.45, 2.75) is 6.04 Å². The van der Waals surface area contributed by atoms with Crippen molar-refractivity contribution in [3.63, 3.8) is 0 Å². The third kappa shape index (κ3) is 1.83. The molecule has 4 nitrogen and oxygen atoms in total. The minimum atomic E-state index is -0.294. The molecule has 0 radical (unpaired) electrons. The Hall–Kier alpha value is -1.98. The average Bonchev–Trinajstić information content (AvgIpc) is 2.85. The van der Waals surface area contributed by atoms with Gasteiger partial charge in [-0.25, -0.2) is 4.98 Å². The van der Waals surface area contributed by atoms with Crippen LogP contribution in [-0.4, -0.2) is 9.97 Å². The standard InChI is InChI=1S/C13H12N4S/c14-12(9-2-1-4-16-13(9)15)8-6-11-10(17-7-8)3-5-18-11/h1-7,12H,14H2,(H2,15,16). The molecule has 0 aliphatic heterocycles. The molecule has 3 rings (SSSR count). The number of nitrogens with two attached hydrogens (primary N) is 2. The molecule has 3 heterocycles. The highest BCUT2D eigenvalue weighted by Gasteiger charge is 2.13. The molecule has 0 fully saturated rings. The van der Waals surface area contributed by atoms with Gasteiger partial charge in [-0.05, 0) is 29.1 Å². The van der Waals surface area contributed by atoms with E-state index in [0.29, 0.717) is 5.82 Å². The number of rotatable bonds is 2. The molecule has 0 amide bonds. The Morgan fingerprint density at radius 1 is 1.22 bits per heavy atom. The van der Waals surface area contributed by atoms with E-state index in [4.69, 9.17) is 11.5 Å². The van der Waals surface area contributed by atoms with Crippen LogP contribution < -0.4 is 11.5 Å². The number of nitrogen functional groups attached to an aromatic ring is 1. The van der Waals surface area contributed by atoms with Gasteiger partial charge in [-0.1, -0.05) is 6.07 Å². The third-order valence-corrected chi connectivity index (χ3v) is 3.74. The van der Waals surface area contributed by atoms with Crippen molar-refractivity contribution in [3.05, 3.63) is 53.2 Å². The Balaban J connectivity index is 2.06. The first kappa shape index (κ1) is 11.1. The van der Waals surface area contributed by atoms with E-state index in [1.807, 2.05) is 23.6 Å². The smallest absolute Gasteiger partial charge is 0.128 e. The van der Waals surface area contributed by atoms with Gasteiger partial charge >= 0.3 is 0 Å². The average molecular weight is 256 g/mol. The van der Waals surface area contributed by atoms with Crippen LogP contribution in [0.15, 0.2) is 42.0 Å². The number of hydrogen-bond donors (Lipinski definition) is 2. The molecular weight excluding hydrogens is 244 g/mol. The number of thiophene rings is 1. The summed E-state index contributed by atoms with van der Waals surface area (Å²) in [4.78, 5) is 8.44. The maximum atomic E-state index is 6.22. The first-order valence-corrected chi connectivity index (χ1v) is 6.43. The van der Waals surface area contributed by atoms with Crippen molar-refractivity contribution in [1.82, 2.24) is 9.97 Å². The van der Waals surface area contributed by atoms with Gasteiger partial charge in [-0.3, -0.25) is 4.98 Å². The van der Waals surface area contributed by atoms with Crippen molar-refractivity contribution >= 4 is 27.4 Å². The van der Waals surface area contributed by atoms with Crippen LogP contribution in [-0.2, 0) is 0 Å². The zero-order valence-corrected chi connectivity index (χ0v) is 10.4. The first-order valence-electron chi connectivity index (χ1n) is 5.55. The summed E-state index contributed by atoms with van der Waals surface area (Å²) < 4.78 is 1.13. The monoisotopic (exact) mass is 256 g/mol. The van der Waals surface area contributed by atoms with Crippen LogP contribution in [0.4, 0.5) is 5.82 Å². The Morgan fingerprint density at radius 3 is 2.94 bits per heavy atom. The Bertz CT molecular complexity index is 692. The van der Waals surface area contributed by atoms with Crippen molar-refractivity contribution in [2.24, 2.45) is 5.73 Å². The lowest BCUT2D eigenvalue weighted by atomic mass is 10.0. The zero-order valence-electron chi connectivity index (χ0n) is 9.58. The molecular formula is C13H12N4S. The molecule has 0 aliphatic rings. The Morgan fingerprint density at radius 2 is 2.11 bits per heavy atom. The molecule has 5 heteroatoms. The number of hydrogen-bond acceptors (Lipinski definition) is 5. The highest BCUT2D eigenvalue weighted by molar-refractivity contribution is 7.17. The van der Waals surface area contributed by atoms with E-state index in [-0.39, 0.29) is 6.04 Å². The number of nitrogens with zero attached hydrogens (tertiary/aromatic N) is 2. The van der Waals surface area contributed by atoms with Crippen LogP contribution in [0.2, 0.25) is 0 Å². The van der Waals surface area contributed by atoms with Crippen molar-refractivity contribution in [3.8, 4) is 0 Å². The number of pyridine rings is 2. The summed E-state index contributed by atoms with van der Waals surface area (Å²) in [5.74, 6) is 0.469. The minimum absolute atomic E-state index is 0.294. The predicted octanol–water partition coefficient (Wildman–Crippen LogP) is 2.32. The first-order chi connectivity index (χ1) is 8.75. The lowest BCUT2D eigenvalue weighted by Gasteiger charge is -2.13. The number of fused-ring (bicyclic) bond motifs is 1. The molecule has 0 aliphatic carbocycles. The van der Waals surface area contributed by atoms with Gasteiger partial charge in [0.15, 0.2) is 0 Å². The largest absolute Gasteiger partial charge is 0.383 e. The lowest BCUT2D eigenvalue weighted by molar-refractivity contribution is 0.864. The SMILES string of the molecule is Nc1ncccc1C(N)c1cnc2ccsc2c1. The zero-order chi connectivity index (χ0) is 12.5. The highest BCUT2D eigenvalue weighted by Crippen LogP contribution is 2.26. The molecule has 18 heavy (non-hydrogen) atoms. The van der Waals surface area contributed by atoms with E-state index in [2.05, 4.69) is 16.0 Å². The van der Waals surface area contributed by atoms with E-state index >= 15 is 0 Å². The number of aromatic nitrogens is 2. The van der Waals surface area contributed by atoms with Crippen LogP contribution in [0.25, 0.3) is 10.2 Å². The molecule has 0 saturated carbocycles. The van der Waals surface area contributed by atoms with Gasteiger partial charge in [0.2, 0.25) is 0 Å². The summed E-state index contributed by atoms with van der Waals surface area (Å²) in [6, 6.07) is 7.49. The number of anilines is 1. The summed E-state index contributed by atoms with van der Waals surface area (Å²) in [6.07, 6.45) is 3.46. The molecule has 0 saturated heterocycles. The van der Waals surface area contributed by atoms with Crippen molar-refractivity contribution in [1.29, 1.82) is 0 Å². The molecule has 0 bridgehead atoms. The van der Waals surface area contributed by atoms with Gasteiger partial charge < -0.3 is 11.5 Å². The van der Waals surface area contributed by atoms with Crippen LogP contribution in [0.5, 0.6) is 0 Å². The fourth-order valence-electron chi connectivity index (χ4n) is 1.90. The van der Waals surface area contributed by atoms with E-state index in [1.54, 1.807) is 23.7 Å². The second kappa shape index (κ2) is 4.36. The predicted molar refractivity (Wildman–Crippen MR) is 74.3 cm³/mol. The molecule has 3 aromatic rings. The van der Waals surface area contributed by atoms with Crippen LogP contribution in [0.3, 0.4) is 0 Å². The summed E-state index contributed by atoms with van der Waals surface area (Å²) in [6.45, 7) is 0. The van der Waals surface area contributed by atoms with Crippen LogP contribution >= 0.6 is 11.3 Å². The fourth-order valence-corrected chi connectivity index (χ4v) is 2.69. The van der Waals surface area contributed by atoms with Crippen molar-refractivity contribution in [2.75, 3.05) is 5.73 Å². The van der Waals surface area contributed by atoms with Crippen LogP contribution in [0, 0.1) is 0 Å². The molecule has 3 aromatic heterocycles. The van der Waals surface area contributed by atoms with Gasteiger partial charge in [-0.2, -0.15) is 0 Å². The molecule has 1 unspecified atom stereocenters. The topological polar surface area (TPSA) is 77.8 Å². The van der Waals surface area contributed by atoms with E-state index < -0.39 is 0 Å². The summed E-state index contributed by atoms with van der Waals surface area (Å²) in [5, 5.41) is 2.02. The molecule has 4 N–H and O–H groups in total. The van der Waals surface area contributed by atoms with E-state index in [1.165, 1.54) is 0 Å². The summed E-state index contributed by atoms with van der Waals surface area (Å²) in [7, 11) is 0. The Kier molecular flexibility index (Phi) is 2.70. The van der Waals surface area contributed by atoms with E-state index in [9.17, 15) is 0 Å². The van der Waals surface area contributed by atoms with Gasteiger partial charge in [0, 0.05) is 18.0 Å². The fraction of sp³-hybridized carbons (Fsp3) is 0.0769. The Labute approximate surface area is 108 Å². The van der Waals surface area contributed by atoms with Gasteiger partial charge in [-0.15, -0.1) is 11.3 Å². The maximum Gasteiger partial charge on any atom is 0.128 e. The molecule has 0 aromatic carbocycles. The second-order valence-corrected chi connectivity index (χ2v) is 4.98. The van der Waals surface area contributed by atoms with Gasteiger partial charge in [0.25, 0.3) is 0 Å². The molecule has 1 atom stereocenters. The van der Waals surface area contributed by atoms with Gasteiger partial charge in [0.05, 0.1) is 16.3 Å². The minimum Gasteiger partial charge on any atom is -0.383 e. The van der Waals surface area contributed by atoms with E-state index in [0.717, 1.165) is 21.3 Å².